The number of hydrogen-bond donors (Lipinski definition) is 1. The number of likely N-dealkylation sites (tertiary alicyclic amines) is 1. The number of aromatic nitrogens is 1. The first-order valence-corrected chi connectivity index (χ1v) is 9.09. The lowest BCUT2D eigenvalue weighted by molar-refractivity contribution is -0.384. The fourth-order valence-electron chi connectivity index (χ4n) is 3.12. The van der Waals surface area contributed by atoms with E-state index in [1.54, 1.807) is 17.5 Å². The molecule has 1 amide bonds. The standard InChI is InChI=1S/C17H20N4O3S/c1-11-6-7-20(14(8-11)9-18)17(22)15-10-25-16(19-15)12-2-4-13(5-3-12)21(23)24/h2-5,10-11,14H,6-9,18H2,1H3. The minimum Gasteiger partial charge on any atom is -0.333 e. The lowest BCUT2D eigenvalue weighted by Gasteiger charge is -2.37. The molecule has 1 aromatic carbocycles. The number of carbonyl (C=O) groups is 1. The van der Waals surface area contributed by atoms with Crippen LogP contribution in [0.25, 0.3) is 10.6 Å². The van der Waals surface area contributed by atoms with E-state index in [-0.39, 0.29) is 17.6 Å². The van der Waals surface area contributed by atoms with Crippen molar-refractivity contribution in [1.82, 2.24) is 9.88 Å². The number of hydrogen-bond acceptors (Lipinski definition) is 6. The van der Waals surface area contributed by atoms with Crippen molar-refractivity contribution in [3.05, 3.63) is 45.5 Å². The molecule has 1 aliphatic heterocycles. The van der Waals surface area contributed by atoms with Crippen LogP contribution in [0.1, 0.15) is 30.3 Å². The highest BCUT2D eigenvalue weighted by Gasteiger charge is 2.30. The van der Waals surface area contributed by atoms with Crippen LogP contribution in [-0.2, 0) is 0 Å². The van der Waals surface area contributed by atoms with Gasteiger partial charge in [-0.05, 0) is 30.9 Å². The fraction of sp³-hybridized carbons (Fsp3) is 0.412. The first kappa shape index (κ1) is 17.5. The minimum atomic E-state index is -0.440. The number of nitro benzene ring substituents is 1. The van der Waals surface area contributed by atoms with Gasteiger partial charge in [-0.2, -0.15) is 0 Å². The SMILES string of the molecule is CC1CCN(C(=O)c2csc(-c3ccc([N+](=O)[O-])cc3)n2)C(CN)C1. The highest BCUT2D eigenvalue weighted by molar-refractivity contribution is 7.13. The van der Waals surface area contributed by atoms with Gasteiger partial charge in [0.05, 0.1) is 4.92 Å². The van der Waals surface area contributed by atoms with E-state index in [2.05, 4.69) is 11.9 Å². The number of amides is 1. The van der Waals surface area contributed by atoms with Crippen LogP contribution in [0, 0.1) is 16.0 Å². The Hall–Kier alpha value is -2.32. The second kappa shape index (κ2) is 7.28. The van der Waals surface area contributed by atoms with Crippen molar-refractivity contribution >= 4 is 22.9 Å². The van der Waals surface area contributed by atoms with E-state index in [4.69, 9.17) is 5.73 Å². The van der Waals surface area contributed by atoms with Gasteiger partial charge in [0.2, 0.25) is 0 Å². The Balaban J connectivity index is 1.78. The average Bonchev–Trinajstić information content (AvgIpc) is 3.11. The summed E-state index contributed by atoms with van der Waals surface area (Å²) in [6, 6.07) is 6.23. The fourth-order valence-corrected chi connectivity index (χ4v) is 3.92. The molecule has 0 bridgehead atoms. The summed E-state index contributed by atoms with van der Waals surface area (Å²) >= 11 is 1.36. The molecule has 0 spiro atoms. The minimum absolute atomic E-state index is 0.0323. The van der Waals surface area contributed by atoms with Crippen LogP contribution < -0.4 is 5.73 Å². The van der Waals surface area contributed by atoms with E-state index in [1.165, 1.54) is 23.5 Å². The Morgan fingerprint density at radius 2 is 2.16 bits per heavy atom. The Labute approximate surface area is 149 Å². The van der Waals surface area contributed by atoms with Crippen molar-refractivity contribution in [2.24, 2.45) is 11.7 Å². The predicted octanol–water partition coefficient (Wildman–Crippen LogP) is 2.92. The Morgan fingerprint density at radius 3 is 2.80 bits per heavy atom. The zero-order valence-corrected chi connectivity index (χ0v) is 14.7. The highest BCUT2D eigenvalue weighted by atomic mass is 32.1. The van der Waals surface area contributed by atoms with E-state index >= 15 is 0 Å². The molecule has 2 unspecified atom stereocenters. The lowest BCUT2D eigenvalue weighted by atomic mass is 9.92. The van der Waals surface area contributed by atoms with Gasteiger partial charge in [-0.3, -0.25) is 14.9 Å². The first-order chi connectivity index (χ1) is 12.0. The quantitative estimate of drug-likeness (QED) is 0.667. The molecular weight excluding hydrogens is 340 g/mol. The van der Waals surface area contributed by atoms with Crippen molar-refractivity contribution in [1.29, 1.82) is 0 Å². The molecule has 2 aromatic rings. The van der Waals surface area contributed by atoms with Crippen molar-refractivity contribution in [2.45, 2.75) is 25.8 Å². The molecule has 25 heavy (non-hydrogen) atoms. The number of rotatable bonds is 4. The van der Waals surface area contributed by atoms with Crippen LogP contribution in [0.3, 0.4) is 0 Å². The second-order valence-corrected chi connectivity index (χ2v) is 7.22. The molecule has 2 atom stereocenters. The lowest BCUT2D eigenvalue weighted by Crippen LogP contribution is -2.49. The largest absolute Gasteiger partial charge is 0.333 e. The molecule has 1 aromatic heterocycles. The topological polar surface area (TPSA) is 102 Å². The van der Waals surface area contributed by atoms with Gasteiger partial charge in [-0.1, -0.05) is 6.92 Å². The van der Waals surface area contributed by atoms with Crippen molar-refractivity contribution in [3.8, 4) is 10.6 Å². The molecule has 2 heterocycles. The summed E-state index contributed by atoms with van der Waals surface area (Å²) in [6.45, 7) is 3.34. The Kier molecular flexibility index (Phi) is 5.10. The number of benzene rings is 1. The second-order valence-electron chi connectivity index (χ2n) is 6.36. The molecule has 0 saturated carbocycles. The van der Waals surface area contributed by atoms with Crippen LogP contribution in [0.2, 0.25) is 0 Å². The molecule has 1 aliphatic rings. The van der Waals surface area contributed by atoms with Gasteiger partial charge in [-0.15, -0.1) is 11.3 Å². The molecule has 8 heteroatoms. The van der Waals surface area contributed by atoms with Gasteiger partial charge in [0.1, 0.15) is 10.7 Å². The van der Waals surface area contributed by atoms with Gasteiger partial charge in [0.25, 0.3) is 11.6 Å². The number of nitrogens with two attached hydrogens (primary N) is 1. The monoisotopic (exact) mass is 360 g/mol. The average molecular weight is 360 g/mol. The molecule has 1 saturated heterocycles. The third kappa shape index (κ3) is 3.69. The molecular formula is C17H20N4O3S. The number of carbonyl (C=O) groups excluding carboxylic acids is 1. The molecule has 3 rings (SSSR count). The van der Waals surface area contributed by atoms with Gasteiger partial charge in [0, 0.05) is 42.2 Å². The maximum Gasteiger partial charge on any atom is 0.273 e. The van der Waals surface area contributed by atoms with Gasteiger partial charge < -0.3 is 10.6 Å². The summed E-state index contributed by atoms with van der Waals surface area (Å²) in [6.07, 6.45) is 1.89. The summed E-state index contributed by atoms with van der Waals surface area (Å²) in [5, 5.41) is 13.1. The van der Waals surface area contributed by atoms with Crippen LogP contribution in [0.4, 0.5) is 5.69 Å². The third-order valence-corrected chi connectivity index (χ3v) is 5.45. The van der Waals surface area contributed by atoms with E-state index in [0.717, 1.165) is 18.4 Å². The zero-order chi connectivity index (χ0) is 18.0. The third-order valence-electron chi connectivity index (χ3n) is 4.56. The maximum atomic E-state index is 12.8. The van der Waals surface area contributed by atoms with Gasteiger partial charge >= 0.3 is 0 Å². The Bertz CT molecular complexity index is 774. The zero-order valence-electron chi connectivity index (χ0n) is 13.9. The summed E-state index contributed by atoms with van der Waals surface area (Å²) in [5.41, 5.74) is 7.04. The molecule has 7 nitrogen and oxygen atoms in total. The summed E-state index contributed by atoms with van der Waals surface area (Å²) in [5.74, 6) is 0.482. The number of nitro groups is 1. The van der Waals surface area contributed by atoms with Crippen molar-refractivity contribution < 1.29 is 9.72 Å². The van der Waals surface area contributed by atoms with Crippen molar-refractivity contribution in [3.63, 3.8) is 0 Å². The molecule has 2 N–H and O–H groups in total. The van der Waals surface area contributed by atoms with Crippen molar-refractivity contribution in [2.75, 3.05) is 13.1 Å². The van der Waals surface area contributed by atoms with Gasteiger partial charge in [-0.25, -0.2) is 4.98 Å². The normalized spacial score (nSPS) is 20.5. The smallest absolute Gasteiger partial charge is 0.273 e. The highest BCUT2D eigenvalue weighted by Crippen LogP contribution is 2.28. The maximum absolute atomic E-state index is 12.8. The van der Waals surface area contributed by atoms with Crippen LogP contribution in [0.15, 0.2) is 29.6 Å². The molecule has 132 valence electrons. The first-order valence-electron chi connectivity index (χ1n) is 8.21. The van der Waals surface area contributed by atoms with Crippen LogP contribution in [-0.4, -0.2) is 39.8 Å². The summed E-state index contributed by atoms with van der Waals surface area (Å²) in [7, 11) is 0. The van der Waals surface area contributed by atoms with Crippen LogP contribution >= 0.6 is 11.3 Å². The summed E-state index contributed by atoms with van der Waals surface area (Å²) < 4.78 is 0. The summed E-state index contributed by atoms with van der Waals surface area (Å²) in [4.78, 5) is 29.3. The predicted molar refractivity (Wildman–Crippen MR) is 96.5 cm³/mol. The Morgan fingerprint density at radius 1 is 1.44 bits per heavy atom. The molecule has 1 fully saturated rings. The molecule has 0 aliphatic carbocycles. The number of piperidine rings is 1. The number of non-ortho nitro benzene ring substituents is 1. The van der Waals surface area contributed by atoms with E-state index in [0.29, 0.717) is 29.7 Å². The van der Waals surface area contributed by atoms with E-state index < -0.39 is 4.92 Å². The van der Waals surface area contributed by atoms with E-state index in [1.807, 2.05) is 4.90 Å². The van der Waals surface area contributed by atoms with Gasteiger partial charge in [0.15, 0.2) is 0 Å². The van der Waals surface area contributed by atoms with Crippen LogP contribution in [0.5, 0.6) is 0 Å². The molecule has 0 radical (unpaired) electrons. The number of thiazole rings is 1. The van der Waals surface area contributed by atoms with E-state index in [9.17, 15) is 14.9 Å². The number of nitrogens with zero attached hydrogens (tertiary/aromatic N) is 3.